The Balaban J connectivity index is 1.78. The Bertz CT molecular complexity index is 1250. The summed E-state index contributed by atoms with van der Waals surface area (Å²) in [7, 11) is -3.79. The molecule has 2 N–H and O–H groups in total. The molecule has 6 nitrogen and oxygen atoms in total. The van der Waals surface area contributed by atoms with E-state index >= 15 is 0 Å². The van der Waals surface area contributed by atoms with Crippen molar-refractivity contribution in [1.82, 2.24) is 4.98 Å². The number of hydrogen-bond donors (Lipinski definition) is 1. The van der Waals surface area contributed by atoms with Crippen LogP contribution in [-0.4, -0.2) is 13.4 Å². The average Bonchev–Trinajstić information content (AvgIpc) is 3.12. The van der Waals surface area contributed by atoms with E-state index in [0.717, 1.165) is 5.56 Å². The zero-order chi connectivity index (χ0) is 20.4. The maximum Gasteiger partial charge on any atom is 0.400 e. The molecule has 0 unspecified atom stereocenters. The highest BCUT2D eigenvalue weighted by Gasteiger charge is 2.19. The van der Waals surface area contributed by atoms with Crippen molar-refractivity contribution < 1.29 is 17.6 Å². The molecule has 0 aliphatic carbocycles. The minimum absolute atomic E-state index is 0.0115. The number of sulfonamides is 1. The van der Waals surface area contributed by atoms with Gasteiger partial charge in [0.05, 0.1) is 4.90 Å². The van der Waals surface area contributed by atoms with Crippen LogP contribution < -0.4 is 9.88 Å². The number of aromatic nitrogens is 1. The molecular formula is C21H15ClN2O4S. The zero-order valence-corrected chi connectivity index (χ0v) is 16.5. The van der Waals surface area contributed by atoms with Crippen LogP contribution in [0.5, 0.6) is 11.8 Å². The number of hydrogen-bond acceptors (Lipinski definition) is 5. The lowest BCUT2D eigenvalue weighted by Gasteiger charge is -2.03. The van der Waals surface area contributed by atoms with Crippen molar-refractivity contribution in [2.75, 3.05) is 0 Å². The average molecular weight is 427 g/mol. The topological polar surface area (TPSA) is 95.4 Å². The van der Waals surface area contributed by atoms with Gasteiger partial charge < -0.3 is 9.15 Å². The van der Waals surface area contributed by atoms with Crippen molar-refractivity contribution >= 4 is 21.6 Å². The molecule has 0 saturated heterocycles. The highest BCUT2D eigenvalue weighted by atomic mass is 35.5. The summed E-state index contributed by atoms with van der Waals surface area (Å²) in [6.45, 7) is 0. The van der Waals surface area contributed by atoms with Crippen LogP contribution in [0.15, 0.2) is 88.2 Å². The predicted octanol–water partition coefficient (Wildman–Crippen LogP) is 5.10. The first-order valence-corrected chi connectivity index (χ1v) is 10.5. The lowest BCUT2D eigenvalue weighted by Crippen LogP contribution is -2.11. The van der Waals surface area contributed by atoms with Gasteiger partial charge in [-0.2, -0.15) is 4.98 Å². The van der Waals surface area contributed by atoms with E-state index in [4.69, 9.17) is 25.9 Å². The minimum atomic E-state index is -3.79. The quantitative estimate of drug-likeness (QED) is 0.478. The van der Waals surface area contributed by atoms with Gasteiger partial charge in [0.15, 0.2) is 5.76 Å². The van der Waals surface area contributed by atoms with E-state index in [0.29, 0.717) is 27.8 Å². The number of halogens is 1. The summed E-state index contributed by atoms with van der Waals surface area (Å²) in [5.41, 5.74) is 2.01. The van der Waals surface area contributed by atoms with Crippen molar-refractivity contribution in [2.24, 2.45) is 5.14 Å². The fraction of sp³-hybridized carbons (Fsp3) is 0. The van der Waals surface area contributed by atoms with Crippen LogP contribution in [0.1, 0.15) is 0 Å². The molecule has 0 atom stereocenters. The molecule has 0 aliphatic rings. The van der Waals surface area contributed by atoms with E-state index in [2.05, 4.69) is 4.98 Å². The molecule has 29 heavy (non-hydrogen) atoms. The predicted molar refractivity (Wildman–Crippen MR) is 110 cm³/mol. The normalized spacial score (nSPS) is 11.4. The van der Waals surface area contributed by atoms with Crippen LogP contribution >= 0.6 is 11.6 Å². The Morgan fingerprint density at radius 1 is 0.897 bits per heavy atom. The number of oxazole rings is 1. The summed E-state index contributed by atoms with van der Waals surface area (Å²) in [5, 5.41) is 5.70. The molecule has 0 fully saturated rings. The summed E-state index contributed by atoms with van der Waals surface area (Å²) < 4.78 is 34.6. The summed E-state index contributed by atoms with van der Waals surface area (Å²) in [5.74, 6) is 0.920. The minimum Gasteiger partial charge on any atom is -0.411 e. The zero-order valence-electron chi connectivity index (χ0n) is 14.9. The Morgan fingerprint density at radius 2 is 1.62 bits per heavy atom. The van der Waals surface area contributed by atoms with Crippen molar-refractivity contribution in [3.8, 4) is 34.4 Å². The standard InChI is InChI=1S/C21H15ClN2O4S/c22-16-7-4-8-17(13-16)27-21-24-19(14-5-2-1-3-6-14)20(28-21)15-9-11-18(12-10-15)29(23,25)26/h1-13H,(H2,23,25,26). The van der Waals surface area contributed by atoms with Gasteiger partial charge in [-0.3, -0.25) is 0 Å². The fourth-order valence-corrected chi connectivity index (χ4v) is 3.45. The second-order valence-electron chi connectivity index (χ2n) is 6.15. The maximum absolute atomic E-state index is 11.5. The number of nitrogens with zero attached hydrogens (tertiary/aromatic N) is 1. The van der Waals surface area contributed by atoms with Gasteiger partial charge in [-0.15, -0.1) is 0 Å². The van der Waals surface area contributed by atoms with E-state index in [1.165, 1.54) is 12.1 Å². The first kappa shape index (κ1) is 19.2. The number of ether oxygens (including phenoxy) is 1. The molecule has 3 aromatic carbocycles. The van der Waals surface area contributed by atoms with Gasteiger partial charge in [-0.05, 0) is 42.5 Å². The third-order valence-electron chi connectivity index (χ3n) is 4.10. The number of rotatable bonds is 5. The second-order valence-corrected chi connectivity index (χ2v) is 8.15. The smallest absolute Gasteiger partial charge is 0.400 e. The van der Waals surface area contributed by atoms with Gasteiger partial charge in [0.2, 0.25) is 10.0 Å². The maximum atomic E-state index is 11.5. The van der Waals surface area contributed by atoms with E-state index in [9.17, 15) is 8.42 Å². The van der Waals surface area contributed by atoms with Crippen LogP contribution in [-0.2, 0) is 10.0 Å². The van der Waals surface area contributed by atoms with E-state index in [1.54, 1.807) is 36.4 Å². The van der Waals surface area contributed by atoms with E-state index in [1.807, 2.05) is 30.3 Å². The molecule has 4 aromatic rings. The molecule has 0 aliphatic heterocycles. The van der Waals surface area contributed by atoms with Crippen LogP contribution in [0.4, 0.5) is 0 Å². The van der Waals surface area contributed by atoms with Gasteiger partial charge in [0.25, 0.3) is 0 Å². The summed E-state index contributed by atoms with van der Waals surface area (Å²) in [6, 6.07) is 22.4. The molecule has 0 bridgehead atoms. The first-order chi connectivity index (χ1) is 13.9. The van der Waals surface area contributed by atoms with Crippen molar-refractivity contribution in [3.63, 3.8) is 0 Å². The number of primary sulfonamides is 1. The largest absolute Gasteiger partial charge is 0.411 e. The molecule has 146 valence electrons. The molecule has 0 spiro atoms. The first-order valence-electron chi connectivity index (χ1n) is 8.53. The Kier molecular flexibility index (Phi) is 5.10. The summed E-state index contributed by atoms with van der Waals surface area (Å²) in [6.07, 6.45) is 0.0386. The van der Waals surface area contributed by atoms with Gasteiger partial charge >= 0.3 is 6.08 Å². The van der Waals surface area contributed by atoms with Crippen LogP contribution in [0.3, 0.4) is 0 Å². The molecule has 0 saturated carbocycles. The van der Waals surface area contributed by atoms with E-state index in [-0.39, 0.29) is 11.0 Å². The molecule has 1 heterocycles. The van der Waals surface area contributed by atoms with Gasteiger partial charge in [0, 0.05) is 16.1 Å². The van der Waals surface area contributed by atoms with Crippen molar-refractivity contribution in [1.29, 1.82) is 0 Å². The Morgan fingerprint density at radius 3 is 2.28 bits per heavy atom. The monoisotopic (exact) mass is 426 g/mol. The Labute approximate surface area is 172 Å². The van der Waals surface area contributed by atoms with Crippen LogP contribution in [0.25, 0.3) is 22.6 Å². The lowest BCUT2D eigenvalue weighted by molar-refractivity contribution is 0.335. The van der Waals surface area contributed by atoms with Crippen LogP contribution in [0, 0.1) is 0 Å². The van der Waals surface area contributed by atoms with E-state index < -0.39 is 10.0 Å². The summed E-state index contributed by atoms with van der Waals surface area (Å²) in [4.78, 5) is 4.49. The molecule has 0 radical (unpaired) electrons. The highest BCUT2D eigenvalue weighted by molar-refractivity contribution is 7.89. The second kappa shape index (κ2) is 7.71. The highest BCUT2D eigenvalue weighted by Crippen LogP contribution is 2.37. The number of nitrogens with two attached hydrogens (primary N) is 1. The third kappa shape index (κ3) is 4.32. The molecule has 1 aromatic heterocycles. The SMILES string of the molecule is NS(=O)(=O)c1ccc(-c2oc(Oc3cccc(Cl)c3)nc2-c2ccccc2)cc1. The third-order valence-corrected chi connectivity index (χ3v) is 5.27. The van der Waals surface area contributed by atoms with Crippen LogP contribution in [0.2, 0.25) is 5.02 Å². The number of benzene rings is 3. The fourth-order valence-electron chi connectivity index (χ4n) is 2.76. The molecular weight excluding hydrogens is 412 g/mol. The van der Waals surface area contributed by atoms with Crippen molar-refractivity contribution in [3.05, 3.63) is 83.9 Å². The van der Waals surface area contributed by atoms with Gasteiger partial charge in [0.1, 0.15) is 11.4 Å². The van der Waals surface area contributed by atoms with Gasteiger partial charge in [-0.1, -0.05) is 48.0 Å². The van der Waals surface area contributed by atoms with Gasteiger partial charge in [-0.25, -0.2) is 13.6 Å². The summed E-state index contributed by atoms with van der Waals surface area (Å²) >= 11 is 6.00. The lowest BCUT2D eigenvalue weighted by atomic mass is 10.1. The van der Waals surface area contributed by atoms with Crippen molar-refractivity contribution in [2.45, 2.75) is 4.90 Å². The molecule has 8 heteroatoms. The molecule has 0 amide bonds. The Hall–Kier alpha value is -3.13. The molecule has 4 rings (SSSR count).